The van der Waals surface area contributed by atoms with Gasteiger partial charge >= 0.3 is 43.4 Å². The summed E-state index contributed by atoms with van der Waals surface area (Å²) in [5, 5.41) is 8.85. The van der Waals surface area contributed by atoms with Crippen LogP contribution in [0.5, 0.6) is 0 Å². The minimum Gasteiger partial charge on any atom is -1.00 e. The largest absolute Gasteiger partial charge is 2.00 e. The van der Waals surface area contributed by atoms with E-state index in [1.165, 1.54) is 83.0 Å². The second-order valence-electron chi connectivity index (χ2n) is 17.9. The Balaban J connectivity index is 0. The molecule has 0 saturated heterocycles. The van der Waals surface area contributed by atoms with Crippen molar-refractivity contribution in [2.24, 2.45) is 35.5 Å². The van der Waals surface area contributed by atoms with E-state index in [4.69, 9.17) is 0 Å². The van der Waals surface area contributed by atoms with Gasteiger partial charge in [-0.3, -0.25) is 12.2 Å². The standard InChI is InChI=1S/2C17H24P.2C10H15.2ClH.2Ti/c2*1-13(2)11-18(12-14(3)4)17-9-15-7-5-6-8-16(15)10-17;2*1-3-6-9(2)10-7-4-5-8-10;;;;/h2*5-10,13-14H,11-12H2,1-4H3;2*4,7,9H,3,5-6H2,1-2H3;2*1H;;/q4*-1;;;2*+2/p-2. The van der Waals surface area contributed by atoms with Crippen molar-refractivity contribution in [1.29, 1.82) is 0 Å². The summed E-state index contributed by atoms with van der Waals surface area (Å²) in [6, 6.07) is 27.2. The molecule has 2 atom stereocenters. The van der Waals surface area contributed by atoms with E-state index in [0.717, 1.165) is 48.3 Å². The summed E-state index contributed by atoms with van der Waals surface area (Å²) >= 11 is 0. The Morgan fingerprint density at radius 2 is 0.833 bits per heavy atom. The van der Waals surface area contributed by atoms with Gasteiger partial charge in [0.1, 0.15) is 0 Å². The molecule has 0 spiro atoms. The Morgan fingerprint density at radius 3 is 1.08 bits per heavy atom. The molecule has 2 aliphatic rings. The second-order valence-corrected chi connectivity index (χ2v) is 22.6. The molecule has 6 heteroatoms. The molecule has 6 rings (SSSR count). The zero-order valence-corrected chi connectivity index (χ0v) is 45.8. The van der Waals surface area contributed by atoms with E-state index < -0.39 is 0 Å². The molecular formula is C54H78Cl2P2Ti2-2. The van der Waals surface area contributed by atoms with Crippen LogP contribution in [0.25, 0.3) is 21.5 Å². The molecule has 0 aromatic heterocycles. The molecule has 0 bridgehead atoms. The molecule has 0 nitrogen and oxygen atoms in total. The van der Waals surface area contributed by atoms with E-state index in [9.17, 15) is 0 Å². The summed E-state index contributed by atoms with van der Waals surface area (Å²) in [6.07, 6.45) is 28.1. The minimum absolute atomic E-state index is 0. The fourth-order valence-electron chi connectivity index (χ4n) is 7.66. The maximum atomic E-state index is 3.35. The summed E-state index contributed by atoms with van der Waals surface area (Å²) in [5.41, 5.74) is 2.84. The zero-order chi connectivity index (χ0) is 41.0. The third kappa shape index (κ3) is 22.9. The maximum Gasteiger partial charge on any atom is 2.00 e. The van der Waals surface area contributed by atoms with Crippen LogP contribution in [0.2, 0.25) is 0 Å². The molecule has 0 fully saturated rings. The van der Waals surface area contributed by atoms with Gasteiger partial charge in [0.05, 0.1) is 0 Å². The molecule has 2 aliphatic carbocycles. The van der Waals surface area contributed by atoms with Crippen molar-refractivity contribution >= 4 is 48.0 Å². The molecule has 0 aliphatic heterocycles. The van der Waals surface area contributed by atoms with Gasteiger partial charge in [-0.05, 0) is 61.2 Å². The predicted molar refractivity (Wildman–Crippen MR) is 260 cm³/mol. The Morgan fingerprint density at radius 1 is 0.517 bits per heavy atom. The number of rotatable bonds is 16. The normalized spacial score (nSPS) is 13.7. The molecule has 0 amide bonds. The first-order valence-corrected chi connectivity index (χ1v) is 25.6. The van der Waals surface area contributed by atoms with Gasteiger partial charge in [-0.25, -0.2) is 23.3 Å². The van der Waals surface area contributed by atoms with Crippen molar-refractivity contribution in [3.8, 4) is 0 Å². The predicted octanol–water partition coefficient (Wildman–Crippen LogP) is 10.2. The van der Waals surface area contributed by atoms with Crippen molar-refractivity contribution in [3.63, 3.8) is 0 Å². The summed E-state index contributed by atoms with van der Waals surface area (Å²) in [4.78, 5) is 0. The smallest absolute Gasteiger partial charge is 1.00 e. The number of allylic oxidation sites excluding steroid dienone is 8. The Labute approximate surface area is 415 Å². The second kappa shape index (κ2) is 33.9. The molecule has 0 heterocycles. The SMILES string of the molecule is CC(C)CP(CC(C)C)c1cc2ccccc2[cH-]1.CC(C)CP(CC(C)C)c1cc2ccccc2[cH-]1.CCCC(C)C1=[C-]CC=C1.CCCC(C)C1=[C-]CC=C1.[Cl-].[Cl-].[Ti+2].[Ti+2]. The van der Waals surface area contributed by atoms with Gasteiger partial charge < -0.3 is 24.8 Å². The Hall–Kier alpha value is -0.511. The van der Waals surface area contributed by atoms with Gasteiger partial charge in [0.2, 0.25) is 0 Å². The molecule has 2 unspecified atom stereocenters. The van der Waals surface area contributed by atoms with Crippen molar-refractivity contribution in [2.45, 2.75) is 122 Å². The van der Waals surface area contributed by atoms with Gasteiger partial charge in [0.15, 0.2) is 0 Å². The molecule has 0 radical (unpaired) electrons. The van der Waals surface area contributed by atoms with E-state index in [2.05, 4.69) is 192 Å². The molecule has 4 aromatic carbocycles. The number of hydrogen-bond acceptors (Lipinski definition) is 0. The van der Waals surface area contributed by atoms with Crippen LogP contribution in [-0.2, 0) is 43.4 Å². The van der Waals surface area contributed by atoms with Gasteiger partial charge in [-0.15, -0.1) is 93.5 Å². The molecule has 60 heavy (non-hydrogen) atoms. The molecule has 328 valence electrons. The average molecular weight is 956 g/mol. The fourth-order valence-corrected chi connectivity index (χ4v) is 13.6. The van der Waals surface area contributed by atoms with Crippen LogP contribution in [0, 0.1) is 47.7 Å². The van der Waals surface area contributed by atoms with Gasteiger partial charge in [-0.1, -0.05) is 136 Å². The first kappa shape index (κ1) is 61.6. The van der Waals surface area contributed by atoms with Crippen LogP contribution < -0.4 is 35.4 Å². The van der Waals surface area contributed by atoms with E-state index >= 15 is 0 Å². The van der Waals surface area contributed by atoms with Gasteiger partial charge in [0.25, 0.3) is 0 Å². The number of hydrogen-bond donors (Lipinski definition) is 0. The topological polar surface area (TPSA) is 0 Å². The summed E-state index contributed by atoms with van der Waals surface area (Å²) < 4.78 is 0. The fraction of sp³-hybridized carbons (Fsp3) is 0.519. The number of fused-ring (bicyclic) bond motifs is 2. The van der Waals surface area contributed by atoms with Crippen LogP contribution in [0.1, 0.15) is 122 Å². The molecular weight excluding hydrogens is 877 g/mol. The quantitative estimate of drug-likeness (QED) is 0.0597. The van der Waals surface area contributed by atoms with Crippen LogP contribution in [0.3, 0.4) is 0 Å². The van der Waals surface area contributed by atoms with Gasteiger partial charge in [0, 0.05) is 0 Å². The third-order valence-corrected chi connectivity index (χ3v) is 16.9. The maximum absolute atomic E-state index is 3.35. The molecule has 4 aromatic rings. The Kier molecular flexibility index (Phi) is 34.8. The third-order valence-electron chi connectivity index (χ3n) is 10.2. The Bertz CT molecular complexity index is 1590. The van der Waals surface area contributed by atoms with Crippen LogP contribution in [-0.4, -0.2) is 24.6 Å². The van der Waals surface area contributed by atoms with Crippen molar-refractivity contribution < 1.29 is 68.2 Å². The van der Waals surface area contributed by atoms with Crippen molar-refractivity contribution in [3.05, 3.63) is 120 Å². The monoisotopic (exact) mass is 954 g/mol. The number of halogens is 2. The van der Waals surface area contributed by atoms with Crippen LogP contribution >= 0.6 is 15.8 Å². The van der Waals surface area contributed by atoms with E-state index in [1.807, 2.05) is 0 Å². The molecule has 0 saturated carbocycles. The van der Waals surface area contributed by atoms with Crippen molar-refractivity contribution in [1.82, 2.24) is 0 Å². The van der Waals surface area contributed by atoms with E-state index in [0.29, 0.717) is 0 Å². The molecule has 0 N–H and O–H groups in total. The van der Waals surface area contributed by atoms with Crippen molar-refractivity contribution in [2.75, 3.05) is 24.6 Å². The first-order valence-electron chi connectivity index (χ1n) is 22.2. The van der Waals surface area contributed by atoms with E-state index in [-0.39, 0.29) is 84.1 Å². The summed E-state index contributed by atoms with van der Waals surface area (Å²) in [6.45, 7) is 27.8. The minimum atomic E-state index is 0. The summed E-state index contributed by atoms with van der Waals surface area (Å²) in [5.74, 6) is 4.65. The van der Waals surface area contributed by atoms with Gasteiger partial charge in [-0.2, -0.15) is 24.3 Å². The number of benzene rings is 2. The van der Waals surface area contributed by atoms with Crippen LogP contribution in [0.15, 0.2) is 108 Å². The average Bonchev–Trinajstić information content (AvgIpc) is 3.98. The first-order chi connectivity index (χ1) is 26.8. The summed E-state index contributed by atoms with van der Waals surface area (Å²) in [7, 11) is 0.0370. The van der Waals surface area contributed by atoms with Crippen LogP contribution in [0.4, 0.5) is 0 Å². The zero-order valence-electron chi connectivity index (χ0n) is 39.4. The van der Waals surface area contributed by atoms with E-state index in [1.54, 1.807) is 10.6 Å².